The average molecular weight is 372 g/mol. The number of nitrogens with one attached hydrogen (secondary N) is 1. The highest BCUT2D eigenvalue weighted by Gasteiger charge is 2.18. The van der Waals surface area contributed by atoms with E-state index >= 15 is 0 Å². The van der Waals surface area contributed by atoms with Gasteiger partial charge in [-0.15, -0.1) is 0 Å². The minimum Gasteiger partial charge on any atom is -0.375 e. The van der Waals surface area contributed by atoms with Crippen molar-refractivity contribution in [3.05, 3.63) is 76.6 Å². The zero-order valence-corrected chi connectivity index (χ0v) is 14.7. The number of nitro benzene ring substituents is 1. The van der Waals surface area contributed by atoms with E-state index in [-0.39, 0.29) is 16.3 Å². The van der Waals surface area contributed by atoms with Crippen molar-refractivity contribution in [2.75, 3.05) is 11.6 Å². The summed E-state index contributed by atoms with van der Waals surface area (Å²) in [4.78, 5) is 10.6. The van der Waals surface area contributed by atoms with Crippen molar-refractivity contribution < 1.29 is 13.3 Å². The molecule has 0 spiro atoms. The van der Waals surface area contributed by atoms with Gasteiger partial charge in [0.05, 0.1) is 15.5 Å². The summed E-state index contributed by atoms with van der Waals surface area (Å²) in [6.07, 6.45) is 4.49. The van der Waals surface area contributed by atoms with Gasteiger partial charge in [-0.3, -0.25) is 10.1 Å². The van der Waals surface area contributed by atoms with E-state index in [0.717, 1.165) is 23.6 Å². The Labute approximate surface area is 150 Å². The monoisotopic (exact) mass is 372 g/mol. The van der Waals surface area contributed by atoms with Gasteiger partial charge in [-0.05, 0) is 29.8 Å². The SMILES string of the molecule is CS(=O)(=O)c1ccc(NCc2ccccc2-n2cccn2)c([N+](=O)[O-])c1. The quantitative estimate of drug-likeness (QED) is 0.527. The Bertz CT molecular complexity index is 1050. The molecule has 2 aromatic carbocycles. The Morgan fingerprint density at radius 2 is 1.96 bits per heavy atom. The summed E-state index contributed by atoms with van der Waals surface area (Å²) in [5.41, 5.74) is 1.69. The predicted molar refractivity (Wildman–Crippen MR) is 97.1 cm³/mol. The first-order chi connectivity index (χ1) is 12.4. The van der Waals surface area contributed by atoms with Crippen LogP contribution in [-0.4, -0.2) is 29.4 Å². The summed E-state index contributed by atoms with van der Waals surface area (Å²) in [5, 5.41) is 18.5. The predicted octanol–water partition coefficient (Wildman–Crippen LogP) is 2.80. The fraction of sp³-hybridized carbons (Fsp3) is 0.118. The van der Waals surface area contributed by atoms with Gasteiger partial charge in [-0.2, -0.15) is 5.10 Å². The van der Waals surface area contributed by atoms with Crippen LogP contribution in [0.25, 0.3) is 5.69 Å². The molecule has 0 atom stereocenters. The molecule has 0 aliphatic heterocycles. The van der Waals surface area contributed by atoms with Gasteiger partial charge in [0.2, 0.25) is 0 Å². The summed E-state index contributed by atoms with van der Waals surface area (Å²) in [7, 11) is -3.52. The first-order valence-electron chi connectivity index (χ1n) is 7.66. The number of hydrogen-bond acceptors (Lipinski definition) is 6. The molecule has 0 unspecified atom stereocenters. The molecule has 0 aliphatic rings. The molecule has 0 amide bonds. The number of benzene rings is 2. The molecule has 26 heavy (non-hydrogen) atoms. The van der Waals surface area contributed by atoms with Gasteiger partial charge in [0.25, 0.3) is 5.69 Å². The third-order valence-electron chi connectivity index (χ3n) is 3.81. The van der Waals surface area contributed by atoms with E-state index in [1.54, 1.807) is 16.9 Å². The number of hydrogen-bond donors (Lipinski definition) is 1. The van der Waals surface area contributed by atoms with Crippen LogP contribution in [0, 0.1) is 10.1 Å². The summed E-state index contributed by atoms with van der Waals surface area (Å²) < 4.78 is 24.9. The lowest BCUT2D eigenvalue weighted by molar-refractivity contribution is -0.384. The summed E-state index contributed by atoms with van der Waals surface area (Å²) >= 11 is 0. The van der Waals surface area contributed by atoms with E-state index in [4.69, 9.17) is 0 Å². The average Bonchev–Trinajstić information content (AvgIpc) is 3.13. The lowest BCUT2D eigenvalue weighted by Gasteiger charge is -2.12. The van der Waals surface area contributed by atoms with Crippen molar-refractivity contribution in [1.29, 1.82) is 0 Å². The highest BCUT2D eigenvalue weighted by Crippen LogP contribution is 2.28. The van der Waals surface area contributed by atoms with E-state index in [2.05, 4.69) is 10.4 Å². The summed E-state index contributed by atoms with van der Waals surface area (Å²) in [6.45, 7) is 0.315. The van der Waals surface area contributed by atoms with Crippen molar-refractivity contribution in [2.45, 2.75) is 11.4 Å². The fourth-order valence-corrected chi connectivity index (χ4v) is 3.17. The molecule has 0 aliphatic carbocycles. The molecule has 1 heterocycles. The molecule has 8 nitrogen and oxygen atoms in total. The first kappa shape index (κ1) is 17.6. The normalized spacial score (nSPS) is 11.3. The molecule has 0 bridgehead atoms. The maximum absolute atomic E-state index is 11.6. The third-order valence-corrected chi connectivity index (χ3v) is 4.92. The Kier molecular flexibility index (Phi) is 4.72. The number of nitrogens with zero attached hydrogens (tertiary/aromatic N) is 3. The topological polar surface area (TPSA) is 107 Å². The van der Waals surface area contributed by atoms with Gasteiger partial charge in [0.1, 0.15) is 5.69 Å². The molecule has 0 radical (unpaired) electrons. The van der Waals surface area contributed by atoms with E-state index < -0.39 is 14.8 Å². The molecule has 0 saturated heterocycles. The zero-order chi connectivity index (χ0) is 18.7. The second-order valence-electron chi connectivity index (χ2n) is 5.64. The summed E-state index contributed by atoms with van der Waals surface area (Å²) in [5.74, 6) is 0. The summed E-state index contributed by atoms with van der Waals surface area (Å²) in [6, 6.07) is 13.2. The van der Waals surface area contributed by atoms with Crippen LogP contribution in [0.4, 0.5) is 11.4 Å². The number of rotatable bonds is 6. The minimum atomic E-state index is -3.52. The standard InChI is InChI=1S/C17H16N4O4S/c1-26(24,25)14-7-8-15(17(11-14)21(22)23)18-12-13-5-2-3-6-16(13)20-10-4-9-19-20/h2-11,18H,12H2,1H3. The smallest absolute Gasteiger partial charge is 0.293 e. The van der Waals surface area contributed by atoms with Crippen LogP contribution in [0.1, 0.15) is 5.56 Å². The maximum atomic E-state index is 11.6. The molecule has 134 valence electrons. The second-order valence-corrected chi connectivity index (χ2v) is 7.66. The zero-order valence-electron chi connectivity index (χ0n) is 13.9. The molecule has 0 fully saturated rings. The van der Waals surface area contributed by atoms with Crippen LogP contribution < -0.4 is 5.32 Å². The number of anilines is 1. The lowest BCUT2D eigenvalue weighted by Crippen LogP contribution is -2.07. The van der Waals surface area contributed by atoms with Gasteiger partial charge >= 0.3 is 0 Å². The lowest BCUT2D eigenvalue weighted by atomic mass is 10.1. The van der Waals surface area contributed by atoms with Crippen LogP contribution >= 0.6 is 0 Å². The Morgan fingerprint density at radius 3 is 2.62 bits per heavy atom. The molecular weight excluding hydrogens is 356 g/mol. The molecule has 9 heteroatoms. The van der Waals surface area contributed by atoms with Crippen LogP contribution in [0.15, 0.2) is 65.8 Å². The van der Waals surface area contributed by atoms with Crippen molar-refractivity contribution in [3.63, 3.8) is 0 Å². The minimum absolute atomic E-state index is 0.0910. The molecular formula is C17H16N4O4S. The third kappa shape index (κ3) is 3.72. The highest BCUT2D eigenvalue weighted by molar-refractivity contribution is 7.90. The Morgan fingerprint density at radius 1 is 1.19 bits per heavy atom. The van der Waals surface area contributed by atoms with E-state index in [0.29, 0.717) is 6.54 Å². The highest BCUT2D eigenvalue weighted by atomic mass is 32.2. The number of sulfone groups is 1. The van der Waals surface area contributed by atoms with Gasteiger partial charge in [0.15, 0.2) is 9.84 Å². The molecule has 3 aromatic rings. The molecule has 3 rings (SSSR count). The van der Waals surface area contributed by atoms with Gasteiger partial charge in [-0.25, -0.2) is 13.1 Å². The van der Waals surface area contributed by atoms with Gasteiger partial charge in [0, 0.05) is 31.3 Å². The first-order valence-corrected chi connectivity index (χ1v) is 9.56. The molecule has 0 saturated carbocycles. The van der Waals surface area contributed by atoms with Crippen molar-refractivity contribution in [1.82, 2.24) is 9.78 Å². The maximum Gasteiger partial charge on any atom is 0.293 e. The number of aromatic nitrogens is 2. The van der Waals surface area contributed by atoms with Crippen LogP contribution in [0.3, 0.4) is 0 Å². The van der Waals surface area contributed by atoms with E-state index in [1.807, 2.05) is 30.5 Å². The van der Waals surface area contributed by atoms with E-state index in [1.165, 1.54) is 12.1 Å². The van der Waals surface area contributed by atoms with Crippen molar-refractivity contribution in [2.24, 2.45) is 0 Å². The largest absolute Gasteiger partial charge is 0.375 e. The van der Waals surface area contributed by atoms with Gasteiger partial charge < -0.3 is 5.32 Å². The van der Waals surface area contributed by atoms with Gasteiger partial charge in [-0.1, -0.05) is 18.2 Å². The second kappa shape index (κ2) is 6.96. The fourth-order valence-electron chi connectivity index (χ4n) is 2.53. The van der Waals surface area contributed by atoms with E-state index in [9.17, 15) is 18.5 Å². The van der Waals surface area contributed by atoms with Crippen LogP contribution in [0.2, 0.25) is 0 Å². The van der Waals surface area contributed by atoms with Crippen molar-refractivity contribution >= 4 is 21.2 Å². The van der Waals surface area contributed by atoms with Crippen LogP contribution in [-0.2, 0) is 16.4 Å². The van der Waals surface area contributed by atoms with Crippen molar-refractivity contribution in [3.8, 4) is 5.69 Å². The molecule has 1 N–H and O–H groups in total. The Balaban J connectivity index is 1.91. The number of nitro groups is 1. The Hall–Kier alpha value is -3.20. The van der Waals surface area contributed by atoms with Crippen LogP contribution in [0.5, 0.6) is 0 Å². The molecule has 1 aromatic heterocycles. The number of para-hydroxylation sites is 1.